The molecule has 13 heteroatoms. The Morgan fingerprint density at radius 2 is 1.70 bits per heavy atom. The Hall–Kier alpha value is -2.96. The molecule has 2 amide bonds. The fourth-order valence-electron chi connectivity index (χ4n) is 3.57. The van der Waals surface area contributed by atoms with Crippen molar-refractivity contribution in [3.8, 4) is 0 Å². The number of amides is 2. The monoisotopic (exact) mass is 493 g/mol. The van der Waals surface area contributed by atoms with Gasteiger partial charge in [-0.1, -0.05) is 0 Å². The van der Waals surface area contributed by atoms with Gasteiger partial charge >= 0.3 is 12.4 Å². The third-order valence-corrected chi connectivity index (χ3v) is 5.90. The Labute approximate surface area is 187 Å². The molecule has 1 aromatic carbocycles. The second-order valence-corrected chi connectivity index (χ2v) is 8.47. The van der Waals surface area contributed by atoms with Crippen LogP contribution in [0.5, 0.6) is 0 Å². The van der Waals surface area contributed by atoms with E-state index < -0.39 is 52.8 Å². The van der Waals surface area contributed by atoms with Gasteiger partial charge in [0.2, 0.25) is 11.8 Å². The SMILES string of the molecule is CC(=O)Nc1nc(C2(C(=O)NCc3cc(C(F)(F)F)cc(C(F)(F)F)c3)CCC(=O)C2)cs1. The zero-order chi connectivity index (χ0) is 24.6. The molecule has 1 heterocycles. The van der Waals surface area contributed by atoms with Gasteiger partial charge in [-0.05, 0) is 30.2 Å². The number of benzene rings is 1. The minimum Gasteiger partial charge on any atom is -0.351 e. The zero-order valence-corrected chi connectivity index (χ0v) is 17.8. The van der Waals surface area contributed by atoms with Crippen molar-refractivity contribution in [2.75, 3.05) is 5.32 Å². The summed E-state index contributed by atoms with van der Waals surface area (Å²) in [5.41, 5.74) is -4.63. The first-order chi connectivity index (χ1) is 15.2. The topological polar surface area (TPSA) is 88.2 Å². The smallest absolute Gasteiger partial charge is 0.351 e. The highest BCUT2D eigenvalue weighted by atomic mass is 32.1. The molecule has 1 aliphatic carbocycles. The van der Waals surface area contributed by atoms with E-state index in [2.05, 4.69) is 15.6 Å². The van der Waals surface area contributed by atoms with E-state index in [-0.39, 0.29) is 41.9 Å². The van der Waals surface area contributed by atoms with Crippen LogP contribution in [0.15, 0.2) is 23.6 Å². The van der Waals surface area contributed by atoms with Crippen molar-refractivity contribution >= 4 is 34.1 Å². The summed E-state index contributed by atoms with van der Waals surface area (Å²) in [6.45, 7) is 0.636. The summed E-state index contributed by atoms with van der Waals surface area (Å²) in [5.74, 6) is -1.39. The number of alkyl halides is 6. The Balaban J connectivity index is 1.88. The summed E-state index contributed by atoms with van der Waals surface area (Å²) in [4.78, 5) is 40.4. The van der Waals surface area contributed by atoms with Gasteiger partial charge in [-0.2, -0.15) is 26.3 Å². The zero-order valence-electron chi connectivity index (χ0n) is 17.0. The van der Waals surface area contributed by atoms with E-state index in [0.717, 1.165) is 11.3 Å². The molecule has 1 saturated carbocycles. The largest absolute Gasteiger partial charge is 0.416 e. The average molecular weight is 493 g/mol. The van der Waals surface area contributed by atoms with Gasteiger partial charge in [0, 0.05) is 31.7 Å². The summed E-state index contributed by atoms with van der Waals surface area (Å²) >= 11 is 1.02. The van der Waals surface area contributed by atoms with Crippen LogP contribution in [0.3, 0.4) is 0 Å². The van der Waals surface area contributed by atoms with Gasteiger partial charge in [-0.15, -0.1) is 11.3 Å². The fraction of sp³-hybridized carbons (Fsp3) is 0.400. The molecule has 0 bridgehead atoms. The van der Waals surface area contributed by atoms with E-state index >= 15 is 0 Å². The van der Waals surface area contributed by atoms with Crippen LogP contribution >= 0.6 is 11.3 Å². The summed E-state index contributed by atoms with van der Waals surface area (Å²) in [6.07, 6.45) is -10.1. The fourth-order valence-corrected chi connectivity index (χ4v) is 4.42. The normalized spacial score (nSPS) is 18.9. The van der Waals surface area contributed by atoms with Crippen LogP contribution in [0.4, 0.5) is 31.5 Å². The number of anilines is 1. The molecule has 6 nitrogen and oxygen atoms in total. The Bertz CT molecular complexity index is 1060. The van der Waals surface area contributed by atoms with E-state index in [9.17, 15) is 40.7 Å². The summed E-state index contributed by atoms with van der Waals surface area (Å²) in [7, 11) is 0. The molecule has 0 aliphatic heterocycles. The van der Waals surface area contributed by atoms with Crippen LogP contribution in [0.25, 0.3) is 0 Å². The van der Waals surface area contributed by atoms with E-state index in [4.69, 9.17) is 0 Å². The number of hydrogen-bond donors (Lipinski definition) is 2. The molecule has 0 radical (unpaired) electrons. The molecule has 2 N–H and O–H groups in total. The number of carbonyl (C=O) groups excluding carboxylic acids is 3. The van der Waals surface area contributed by atoms with Crippen molar-refractivity contribution in [3.63, 3.8) is 0 Å². The molecule has 1 unspecified atom stereocenters. The Morgan fingerprint density at radius 3 is 2.18 bits per heavy atom. The van der Waals surface area contributed by atoms with Gasteiger partial charge in [0.15, 0.2) is 5.13 Å². The minimum atomic E-state index is -5.01. The van der Waals surface area contributed by atoms with Gasteiger partial charge in [0.05, 0.1) is 22.2 Å². The number of nitrogens with zero attached hydrogens (tertiary/aromatic N) is 1. The Kier molecular flexibility index (Phi) is 6.55. The predicted molar refractivity (Wildman–Crippen MR) is 105 cm³/mol. The lowest BCUT2D eigenvalue weighted by Crippen LogP contribution is -2.43. The maximum atomic E-state index is 13.1. The lowest BCUT2D eigenvalue weighted by molar-refractivity contribution is -0.143. The predicted octanol–water partition coefficient (Wildman–Crippen LogP) is 4.45. The standard InChI is InChI=1S/C20H17F6N3O3S/c1-10(30)28-17-29-15(9-33-17)18(3-2-14(31)7-18)16(32)27-8-11-4-12(19(21,22)23)6-13(5-11)20(24,25)26/h4-6,9H,2-3,7-8H2,1H3,(H,27,32)(H,28,29,30). The van der Waals surface area contributed by atoms with E-state index in [1.54, 1.807) is 0 Å². The van der Waals surface area contributed by atoms with Gasteiger partial charge in [0.25, 0.3) is 0 Å². The highest BCUT2D eigenvalue weighted by molar-refractivity contribution is 7.14. The lowest BCUT2D eigenvalue weighted by Gasteiger charge is -2.25. The van der Waals surface area contributed by atoms with Gasteiger partial charge in [0.1, 0.15) is 5.78 Å². The van der Waals surface area contributed by atoms with Gasteiger partial charge < -0.3 is 10.6 Å². The van der Waals surface area contributed by atoms with Crippen LogP contribution in [-0.4, -0.2) is 22.6 Å². The molecule has 33 heavy (non-hydrogen) atoms. The number of halogens is 6. The van der Waals surface area contributed by atoms with Crippen LogP contribution in [0.2, 0.25) is 0 Å². The summed E-state index contributed by atoms with van der Waals surface area (Å²) in [6, 6.07) is 1.06. The van der Waals surface area contributed by atoms with Crippen molar-refractivity contribution in [1.82, 2.24) is 10.3 Å². The molecule has 178 valence electrons. The highest BCUT2D eigenvalue weighted by Crippen LogP contribution is 2.41. The van der Waals surface area contributed by atoms with Crippen molar-refractivity contribution in [1.29, 1.82) is 0 Å². The second kappa shape index (κ2) is 8.76. The lowest BCUT2D eigenvalue weighted by atomic mass is 9.82. The number of thiazole rings is 1. The number of rotatable bonds is 5. The Morgan fingerprint density at radius 1 is 1.09 bits per heavy atom. The first kappa shape index (κ1) is 24.7. The number of carbonyl (C=O) groups is 3. The van der Waals surface area contributed by atoms with Crippen molar-refractivity contribution in [2.45, 2.75) is 50.5 Å². The molecule has 1 aromatic heterocycles. The van der Waals surface area contributed by atoms with Crippen LogP contribution in [-0.2, 0) is 38.7 Å². The first-order valence-corrected chi connectivity index (χ1v) is 10.4. The van der Waals surface area contributed by atoms with Crippen LogP contribution in [0.1, 0.15) is 48.6 Å². The quantitative estimate of drug-likeness (QED) is 0.603. The molecule has 0 saturated heterocycles. The molecule has 2 aromatic rings. The van der Waals surface area contributed by atoms with Gasteiger partial charge in [-0.3, -0.25) is 14.4 Å². The van der Waals surface area contributed by atoms with E-state index in [1.165, 1.54) is 12.3 Å². The number of Topliss-reactive ketones (excluding diaryl/α,β-unsaturated/α-hetero) is 1. The van der Waals surface area contributed by atoms with E-state index in [0.29, 0.717) is 12.1 Å². The maximum absolute atomic E-state index is 13.1. The number of ketones is 1. The minimum absolute atomic E-state index is 0.00127. The third kappa shape index (κ3) is 5.52. The third-order valence-electron chi connectivity index (χ3n) is 5.14. The molecular weight excluding hydrogens is 476 g/mol. The van der Waals surface area contributed by atoms with Crippen LogP contribution < -0.4 is 10.6 Å². The van der Waals surface area contributed by atoms with E-state index in [1.807, 2.05) is 0 Å². The maximum Gasteiger partial charge on any atom is 0.416 e. The molecule has 0 spiro atoms. The number of hydrogen-bond acceptors (Lipinski definition) is 5. The average Bonchev–Trinajstić information content (AvgIpc) is 3.31. The van der Waals surface area contributed by atoms with Crippen molar-refractivity contribution in [2.24, 2.45) is 0 Å². The number of aromatic nitrogens is 1. The highest BCUT2D eigenvalue weighted by Gasteiger charge is 2.48. The second-order valence-electron chi connectivity index (χ2n) is 7.61. The van der Waals surface area contributed by atoms with Crippen molar-refractivity contribution < 1.29 is 40.7 Å². The molecule has 1 fully saturated rings. The summed E-state index contributed by atoms with van der Waals surface area (Å²) in [5, 5.41) is 6.49. The van der Waals surface area contributed by atoms with Gasteiger partial charge in [-0.25, -0.2) is 4.98 Å². The molecular formula is C20H17F6N3O3S. The molecule has 3 rings (SSSR count). The van der Waals surface area contributed by atoms with Crippen LogP contribution in [0, 0.1) is 0 Å². The molecule has 1 atom stereocenters. The molecule has 1 aliphatic rings. The first-order valence-electron chi connectivity index (χ1n) is 9.53. The summed E-state index contributed by atoms with van der Waals surface area (Å²) < 4.78 is 78.4. The number of nitrogens with one attached hydrogen (secondary N) is 2. The van der Waals surface area contributed by atoms with Crippen molar-refractivity contribution in [3.05, 3.63) is 46.0 Å².